The van der Waals surface area contributed by atoms with E-state index < -0.39 is 16.1 Å². The highest BCUT2D eigenvalue weighted by atomic mass is 32.2. The number of pyridine rings is 1. The number of nitrogens with zero attached hydrogens (tertiary/aromatic N) is 4. The predicted octanol–water partition coefficient (Wildman–Crippen LogP) is 4.22. The molecule has 0 saturated carbocycles. The van der Waals surface area contributed by atoms with Gasteiger partial charge in [0.25, 0.3) is 0 Å². The molecule has 2 heterocycles. The van der Waals surface area contributed by atoms with Crippen LogP contribution in [0.15, 0.2) is 79.0 Å². The topological polar surface area (TPSA) is 98.1 Å². The van der Waals surface area contributed by atoms with Gasteiger partial charge in [0, 0.05) is 6.20 Å². The van der Waals surface area contributed by atoms with Gasteiger partial charge in [0.05, 0.1) is 19.0 Å². The molecular weight excluding hydrogens is 514 g/mol. The number of nitrogens with one attached hydrogen (secondary N) is 1. The molecule has 208 valence electrons. The second-order valence-electron chi connectivity index (χ2n) is 9.27. The van der Waals surface area contributed by atoms with E-state index in [1.807, 2.05) is 72.8 Å². The molecule has 1 unspecified atom stereocenters. The van der Waals surface area contributed by atoms with Gasteiger partial charge in [-0.3, -0.25) is 4.40 Å². The van der Waals surface area contributed by atoms with E-state index >= 15 is 0 Å². The Bertz CT molecular complexity index is 1390. The van der Waals surface area contributed by atoms with E-state index in [9.17, 15) is 8.42 Å². The molecule has 0 aliphatic heterocycles. The zero-order chi connectivity index (χ0) is 27.5. The fraction of sp³-hybridized carbons (Fsp3) is 0.379. The lowest BCUT2D eigenvalue weighted by molar-refractivity contribution is 0.102. The number of fused-ring (bicyclic) bond motifs is 1. The molecule has 39 heavy (non-hydrogen) atoms. The number of hydrogen-bond donors (Lipinski definition) is 1. The Hall–Kier alpha value is -3.31. The summed E-state index contributed by atoms with van der Waals surface area (Å²) in [6, 6.07) is 22.6. The lowest BCUT2D eigenvalue weighted by Crippen LogP contribution is -2.35. The zero-order valence-corrected chi connectivity index (χ0v) is 23.4. The van der Waals surface area contributed by atoms with Crippen LogP contribution in [0.5, 0.6) is 5.75 Å². The summed E-state index contributed by atoms with van der Waals surface area (Å²) < 4.78 is 42.8. The standard InChI is InChI=1S/C29H37N5O4S/c1-3-33(4-2)18-12-20-39(35,36)32-26(23-37-21-24-13-7-5-8-14-24)28-30-31-29-27(17-11-19-34(28)29)38-22-25-15-9-6-10-16-25/h5-11,13-17,19,26,32H,3-4,12,18,20-23H2,1-2H3. The maximum atomic E-state index is 13.1. The van der Waals surface area contributed by atoms with Gasteiger partial charge < -0.3 is 14.4 Å². The van der Waals surface area contributed by atoms with Gasteiger partial charge >= 0.3 is 0 Å². The Balaban J connectivity index is 1.52. The van der Waals surface area contributed by atoms with Crippen molar-refractivity contribution in [1.82, 2.24) is 24.2 Å². The fourth-order valence-corrected chi connectivity index (χ4v) is 5.55. The van der Waals surface area contributed by atoms with Gasteiger partial charge in [0.2, 0.25) is 15.7 Å². The Morgan fingerprint density at radius 3 is 2.23 bits per heavy atom. The number of ether oxygens (including phenoxy) is 2. The summed E-state index contributed by atoms with van der Waals surface area (Å²) in [4.78, 5) is 2.21. The summed E-state index contributed by atoms with van der Waals surface area (Å²) in [6.07, 6.45) is 2.34. The number of aromatic nitrogens is 3. The fourth-order valence-electron chi connectivity index (χ4n) is 4.32. The molecule has 1 atom stereocenters. The van der Waals surface area contributed by atoms with Gasteiger partial charge in [-0.1, -0.05) is 74.5 Å². The summed E-state index contributed by atoms with van der Waals surface area (Å²) in [7, 11) is -3.61. The SMILES string of the molecule is CCN(CC)CCCS(=O)(=O)NC(COCc1ccccc1)c1nnc2c(OCc3ccccc3)cccn12. The first-order valence-electron chi connectivity index (χ1n) is 13.3. The van der Waals surface area contributed by atoms with E-state index in [-0.39, 0.29) is 12.4 Å². The van der Waals surface area contributed by atoms with Crippen LogP contribution in [-0.2, 0) is 28.0 Å². The van der Waals surface area contributed by atoms with Crippen LogP contribution >= 0.6 is 0 Å². The minimum atomic E-state index is -3.61. The molecule has 1 N–H and O–H groups in total. The van der Waals surface area contributed by atoms with E-state index in [1.54, 1.807) is 10.6 Å². The van der Waals surface area contributed by atoms with E-state index in [0.717, 1.165) is 30.8 Å². The first-order valence-corrected chi connectivity index (χ1v) is 15.0. The molecule has 2 aromatic heterocycles. The second kappa shape index (κ2) is 14.2. The van der Waals surface area contributed by atoms with E-state index in [1.165, 1.54) is 0 Å². The van der Waals surface area contributed by atoms with Gasteiger partial charge in [-0.2, -0.15) is 0 Å². The molecule has 0 fully saturated rings. The first-order chi connectivity index (χ1) is 19.0. The number of rotatable bonds is 16. The van der Waals surface area contributed by atoms with Crippen molar-refractivity contribution in [3.05, 3.63) is 95.9 Å². The van der Waals surface area contributed by atoms with Crippen molar-refractivity contribution >= 4 is 15.7 Å². The van der Waals surface area contributed by atoms with Crippen LogP contribution in [0, 0.1) is 0 Å². The van der Waals surface area contributed by atoms with Crippen LogP contribution in [0.1, 0.15) is 43.3 Å². The largest absolute Gasteiger partial charge is 0.485 e. The molecule has 0 radical (unpaired) electrons. The Morgan fingerprint density at radius 2 is 1.56 bits per heavy atom. The van der Waals surface area contributed by atoms with Gasteiger partial charge in [-0.15, -0.1) is 10.2 Å². The van der Waals surface area contributed by atoms with Gasteiger partial charge in [-0.05, 0) is 49.3 Å². The molecule has 0 bridgehead atoms. The molecular formula is C29H37N5O4S. The lowest BCUT2D eigenvalue weighted by atomic mass is 10.2. The third-order valence-corrected chi connectivity index (χ3v) is 7.94. The van der Waals surface area contributed by atoms with E-state index in [4.69, 9.17) is 9.47 Å². The predicted molar refractivity (Wildman–Crippen MR) is 152 cm³/mol. The summed E-state index contributed by atoms with van der Waals surface area (Å²) in [6.45, 7) is 7.48. The molecule has 9 nitrogen and oxygen atoms in total. The van der Waals surface area contributed by atoms with Crippen molar-refractivity contribution in [2.45, 2.75) is 39.5 Å². The maximum Gasteiger partial charge on any atom is 0.212 e. The smallest absolute Gasteiger partial charge is 0.212 e. The minimum Gasteiger partial charge on any atom is -0.485 e. The van der Waals surface area contributed by atoms with Crippen LogP contribution in [-0.4, -0.2) is 59.9 Å². The van der Waals surface area contributed by atoms with Crippen LogP contribution in [0.25, 0.3) is 5.65 Å². The Kier molecular flexibility index (Phi) is 10.4. The number of sulfonamides is 1. The molecule has 4 rings (SSSR count). The monoisotopic (exact) mass is 551 g/mol. The van der Waals surface area contributed by atoms with Crippen molar-refractivity contribution in [3.63, 3.8) is 0 Å². The van der Waals surface area contributed by atoms with E-state index in [0.29, 0.717) is 36.9 Å². The third kappa shape index (κ3) is 8.34. The number of benzene rings is 2. The maximum absolute atomic E-state index is 13.1. The molecule has 0 aliphatic carbocycles. The summed E-state index contributed by atoms with van der Waals surface area (Å²) in [5.41, 5.74) is 2.54. The lowest BCUT2D eigenvalue weighted by Gasteiger charge is -2.20. The quantitative estimate of drug-likeness (QED) is 0.223. The average molecular weight is 552 g/mol. The molecule has 2 aromatic carbocycles. The summed E-state index contributed by atoms with van der Waals surface area (Å²) in [5, 5.41) is 8.72. The molecule has 0 amide bonds. The Labute approximate surface area is 230 Å². The van der Waals surface area contributed by atoms with Crippen molar-refractivity contribution in [1.29, 1.82) is 0 Å². The second-order valence-corrected chi connectivity index (χ2v) is 11.1. The van der Waals surface area contributed by atoms with Crippen molar-refractivity contribution in [3.8, 4) is 5.75 Å². The zero-order valence-electron chi connectivity index (χ0n) is 22.6. The van der Waals surface area contributed by atoms with Crippen LogP contribution in [0.4, 0.5) is 0 Å². The highest BCUT2D eigenvalue weighted by Crippen LogP contribution is 2.23. The van der Waals surface area contributed by atoms with E-state index in [2.05, 4.69) is 33.7 Å². The summed E-state index contributed by atoms with van der Waals surface area (Å²) >= 11 is 0. The van der Waals surface area contributed by atoms with Crippen molar-refractivity contribution in [2.24, 2.45) is 0 Å². The van der Waals surface area contributed by atoms with Crippen LogP contribution < -0.4 is 9.46 Å². The van der Waals surface area contributed by atoms with Crippen LogP contribution in [0.3, 0.4) is 0 Å². The van der Waals surface area contributed by atoms with Crippen molar-refractivity contribution < 1.29 is 17.9 Å². The average Bonchev–Trinajstić information content (AvgIpc) is 3.40. The van der Waals surface area contributed by atoms with Gasteiger partial charge in [0.15, 0.2) is 11.6 Å². The Morgan fingerprint density at radius 1 is 0.897 bits per heavy atom. The molecule has 10 heteroatoms. The molecule has 0 saturated heterocycles. The normalized spacial score (nSPS) is 12.7. The number of hydrogen-bond acceptors (Lipinski definition) is 7. The molecule has 0 spiro atoms. The van der Waals surface area contributed by atoms with Crippen LogP contribution in [0.2, 0.25) is 0 Å². The minimum absolute atomic E-state index is 0.0147. The van der Waals surface area contributed by atoms with Gasteiger partial charge in [0.1, 0.15) is 12.6 Å². The highest BCUT2D eigenvalue weighted by Gasteiger charge is 2.25. The van der Waals surface area contributed by atoms with Crippen molar-refractivity contribution in [2.75, 3.05) is 32.0 Å². The molecule has 4 aromatic rings. The van der Waals surface area contributed by atoms with Gasteiger partial charge in [-0.25, -0.2) is 13.1 Å². The summed E-state index contributed by atoms with van der Waals surface area (Å²) in [5.74, 6) is 1.02. The molecule has 0 aliphatic rings. The first kappa shape index (κ1) is 28.7. The highest BCUT2D eigenvalue weighted by molar-refractivity contribution is 7.89. The third-order valence-electron chi connectivity index (χ3n) is 6.47.